The van der Waals surface area contributed by atoms with Crippen LogP contribution in [0.4, 0.5) is 11.4 Å². The van der Waals surface area contributed by atoms with Crippen molar-refractivity contribution in [3.05, 3.63) is 63.7 Å². The quantitative estimate of drug-likeness (QED) is 0.272. The number of carbonyl (C=O) groups excluding carboxylic acids is 2. The van der Waals surface area contributed by atoms with Crippen LogP contribution in [0.25, 0.3) is 0 Å². The molecule has 0 aliphatic rings. The Hall–Kier alpha value is -3.38. The van der Waals surface area contributed by atoms with Gasteiger partial charge < -0.3 is 10.1 Å². The summed E-state index contributed by atoms with van der Waals surface area (Å²) in [5, 5.41) is 23.9. The Labute approximate surface area is 152 Å². The van der Waals surface area contributed by atoms with E-state index < -0.39 is 23.4 Å². The van der Waals surface area contributed by atoms with E-state index in [1.807, 2.05) is 5.40 Å². The van der Waals surface area contributed by atoms with Gasteiger partial charge in [0, 0.05) is 22.7 Å². The molecule has 2 aromatic carbocycles. The summed E-state index contributed by atoms with van der Waals surface area (Å²) in [6, 6.07) is 10.1. The fraction of sp³-hybridized carbons (Fsp3) is 0.118. The molecule has 0 unspecified atom stereocenters. The number of hydrogen-bond donors (Lipinski definition) is 1. The summed E-state index contributed by atoms with van der Waals surface area (Å²) >= 11 is 1.01. The van der Waals surface area contributed by atoms with E-state index in [9.17, 15) is 19.7 Å². The Balaban J connectivity index is 1.94. The summed E-state index contributed by atoms with van der Waals surface area (Å²) in [6.07, 6.45) is 0. The van der Waals surface area contributed by atoms with Crippen LogP contribution in [-0.2, 0) is 9.53 Å². The number of aryl methyl sites for hydroxylation is 1. The van der Waals surface area contributed by atoms with Gasteiger partial charge in [-0.3, -0.25) is 14.9 Å². The van der Waals surface area contributed by atoms with Gasteiger partial charge in [-0.1, -0.05) is 6.07 Å². The Kier molecular flexibility index (Phi) is 6.30. The maximum atomic E-state index is 11.9. The van der Waals surface area contributed by atoms with E-state index in [2.05, 4.69) is 5.32 Å². The number of esters is 1. The van der Waals surface area contributed by atoms with E-state index in [0.29, 0.717) is 5.69 Å². The highest BCUT2D eigenvalue weighted by atomic mass is 32.2. The van der Waals surface area contributed by atoms with Crippen molar-refractivity contribution in [1.29, 1.82) is 5.26 Å². The maximum Gasteiger partial charge on any atom is 0.338 e. The van der Waals surface area contributed by atoms with Gasteiger partial charge in [-0.25, -0.2) is 4.79 Å². The number of thioether (sulfide) groups is 1. The van der Waals surface area contributed by atoms with Crippen LogP contribution in [0.3, 0.4) is 0 Å². The number of nitro benzene ring substituents is 1. The molecule has 0 aliphatic carbocycles. The number of carbonyl (C=O) groups is 2. The Morgan fingerprint density at radius 1 is 1.31 bits per heavy atom. The van der Waals surface area contributed by atoms with Crippen molar-refractivity contribution in [2.75, 3.05) is 11.9 Å². The largest absolute Gasteiger partial charge is 0.452 e. The number of amides is 1. The first-order valence-electron chi connectivity index (χ1n) is 7.28. The third kappa shape index (κ3) is 5.06. The Morgan fingerprint density at radius 2 is 2.08 bits per heavy atom. The van der Waals surface area contributed by atoms with Crippen molar-refractivity contribution < 1.29 is 19.2 Å². The number of nitro groups is 1. The van der Waals surface area contributed by atoms with Crippen LogP contribution >= 0.6 is 11.8 Å². The molecule has 0 atom stereocenters. The predicted molar refractivity (Wildman–Crippen MR) is 94.7 cm³/mol. The molecule has 8 nitrogen and oxygen atoms in total. The van der Waals surface area contributed by atoms with Crippen molar-refractivity contribution in [1.82, 2.24) is 0 Å². The molecule has 132 valence electrons. The fourth-order valence-corrected chi connectivity index (χ4v) is 2.52. The standard InChI is InChI=1S/C17H13N3O5S/c1-11-7-14(26-10-18)5-6-15(11)19-16(21)9-25-17(22)12-3-2-4-13(8-12)20(23)24/h2-8H,9H2,1H3,(H,19,21). The van der Waals surface area contributed by atoms with Gasteiger partial charge in [0.05, 0.1) is 10.5 Å². The Bertz CT molecular complexity index is 908. The highest BCUT2D eigenvalue weighted by Gasteiger charge is 2.14. The molecule has 2 aromatic rings. The van der Waals surface area contributed by atoms with Crippen LogP contribution in [0.5, 0.6) is 0 Å². The molecule has 0 saturated carbocycles. The molecular formula is C17H13N3O5S. The number of nitrogens with one attached hydrogen (secondary N) is 1. The number of anilines is 1. The second kappa shape index (κ2) is 8.64. The molecule has 0 fully saturated rings. The highest BCUT2D eigenvalue weighted by Crippen LogP contribution is 2.23. The van der Waals surface area contributed by atoms with Gasteiger partial charge >= 0.3 is 5.97 Å². The average Bonchev–Trinajstić information content (AvgIpc) is 2.62. The second-order valence-electron chi connectivity index (χ2n) is 5.10. The van der Waals surface area contributed by atoms with Gasteiger partial charge in [0.2, 0.25) is 0 Å². The molecule has 2 rings (SSSR count). The minimum absolute atomic E-state index is 0.0129. The number of rotatable bonds is 6. The number of non-ortho nitro benzene ring substituents is 1. The minimum atomic E-state index is -0.832. The van der Waals surface area contributed by atoms with Crippen LogP contribution in [0, 0.1) is 27.7 Å². The monoisotopic (exact) mass is 371 g/mol. The van der Waals surface area contributed by atoms with E-state index in [4.69, 9.17) is 10.00 Å². The Morgan fingerprint density at radius 3 is 2.73 bits per heavy atom. The van der Waals surface area contributed by atoms with E-state index in [1.54, 1.807) is 25.1 Å². The summed E-state index contributed by atoms with van der Waals surface area (Å²) < 4.78 is 4.88. The summed E-state index contributed by atoms with van der Waals surface area (Å²) in [5.74, 6) is -1.38. The molecule has 0 radical (unpaired) electrons. The summed E-state index contributed by atoms with van der Waals surface area (Å²) in [4.78, 5) is 34.7. The zero-order chi connectivity index (χ0) is 19.1. The number of ether oxygens (including phenoxy) is 1. The molecular weight excluding hydrogens is 358 g/mol. The third-order valence-corrected chi connectivity index (χ3v) is 3.84. The topological polar surface area (TPSA) is 122 Å². The van der Waals surface area contributed by atoms with Gasteiger partial charge in [-0.05, 0) is 48.5 Å². The molecule has 26 heavy (non-hydrogen) atoms. The summed E-state index contributed by atoms with van der Waals surface area (Å²) in [5.41, 5.74) is 1.03. The van der Waals surface area contributed by atoms with Crippen LogP contribution in [-0.4, -0.2) is 23.4 Å². The summed E-state index contributed by atoms with van der Waals surface area (Å²) in [7, 11) is 0. The van der Waals surface area contributed by atoms with Crippen LogP contribution < -0.4 is 5.32 Å². The number of nitrogens with zero attached hydrogens (tertiary/aromatic N) is 2. The van der Waals surface area contributed by atoms with E-state index in [-0.39, 0.29) is 11.3 Å². The van der Waals surface area contributed by atoms with E-state index in [1.165, 1.54) is 18.2 Å². The number of nitriles is 1. The molecule has 0 aliphatic heterocycles. The van der Waals surface area contributed by atoms with Gasteiger partial charge in [0.1, 0.15) is 5.40 Å². The van der Waals surface area contributed by atoms with Gasteiger partial charge in [0.25, 0.3) is 11.6 Å². The lowest BCUT2D eigenvalue weighted by Crippen LogP contribution is -2.21. The zero-order valence-electron chi connectivity index (χ0n) is 13.6. The van der Waals surface area contributed by atoms with Crippen molar-refractivity contribution in [2.24, 2.45) is 0 Å². The molecule has 1 amide bonds. The number of benzene rings is 2. The lowest BCUT2D eigenvalue weighted by Gasteiger charge is -2.09. The van der Waals surface area contributed by atoms with Gasteiger partial charge in [-0.2, -0.15) is 5.26 Å². The lowest BCUT2D eigenvalue weighted by atomic mass is 10.2. The van der Waals surface area contributed by atoms with Crippen molar-refractivity contribution in [3.8, 4) is 5.40 Å². The highest BCUT2D eigenvalue weighted by molar-refractivity contribution is 8.03. The van der Waals surface area contributed by atoms with Crippen molar-refractivity contribution >= 4 is 35.0 Å². The first-order chi connectivity index (χ1) is 12.4. The van der Waals surface area contributed by atoms with Crippen LogP contribution in [0.2, 0.25) is 0 Å². The SMILES string of the molecule is Cc1cc(SC#N)ccc1NC(=O)COC(=O)c1cccc([N+](=O)[O-])c1. The van der Waals surface area contributed by atoms with Crippen molar-refractivity contribution in [3.63, 3.8) is 0 Å². The van der Waals surface area contributed by atoms with Gasteiger partial charge in [0.15, 0.2) is 6.61 Å². The molecule has 0 aromatic heterocycles. The molecule has 1 N–H and O–H groups in total. The van der Waals surface area contributed by atoms with Crippen molar-refractivity contribution in [2.45, 2.75) is 11.8 Å². The maximum absolute atomic E-state index is 11.9. The van der Waals surface area contributed by atoms with E-state index >= 15 is 0 Å². The third-order valence-electron chi connectivity index (χ3n) is 3.26. The molecule has 0 bridgehead atoms. The fourth-order valence-electron chi connectivity index (χ4n) is 2.04. The smallest absolute Gasteiger partial charge is 0.338 e. The first kappa shape index (κ1) is 19.0. The lowest BCUT2D eigenvalue weighted by molar-refractivity contribution is -0.384. The molecule has 0 saturated heterocycles. The molecule has 9 heteroatoms. The predicted octanol–water partition coefficient (Wildman–Crippen LogP) is 3.27. The number of hydrogen-bond acceptors (Lipinski definition) is 7. The van der Waals surface area contributed by atoms with Gasteiger partial charge in [-0.15, -0.1) is 0 Å². The number of thiocyanates is 1. The van der Waals surface area contributed by atoms with Crippen LogP contribution in [0.1, 0.15) is 15.9 Å². The molecule has 0 spiro atoms. The molecule has 0 heterocycles. The second-order valence-corrected chi connectivity index (χ2v) is 5.96. The summed E-state index contributed by atoms with van der Waals surface area (Å²) in [6.45, 7) is 1.24. The van der Waals surface area contributed by atoms with Crippen LogP contribution in [0.15, 0.2) is 47.4 Å². The average molecular weight is 371 g/mol. The zero-order valence-corrected chi connectivity index (χ0v) is 14.4. The first-order valence-corrected chi connectivity index (χ1v) is 8.10. The normalized spacial score (nSPS) is 9.85. The van der Waals surface area contributed by atoms with E-state index in [0.717, 1.165) is 28.3 Å². The minimum Gasteiger partial charge on any atom is -0.452 e.